The normalized spacial score (nSPS) is 15.8. The molecule has 1 saturated heterocycles. The Kier molecular flexibility index (Phi) is 3.70. The molecule has 0 aliphatic carbocycles. The number of amides is 2. The summed E-state index contributed by atoms with van der Waals surface area (Å²) in [5.74, 6) is -0.822. The van der Waals surface area contributed by atoms with Crippen molar-refractivity contribution < 1.29 is 14.7 Å². The van der Waals surface area contributed by atoms with Crippen molar-refractivity contribution in [2.75, 3.05) is 25.0 Å². The van der Waals surface area contributed by atoms with Gasteiger partial charge in [0.05, 0.1) is 6.42 Å². The van der Waals surface area contributed by atoms with Crippen LogP contribution < -0.4 is 4.90 Å². The van der Waals surface area contributed by atoms with Crippen molar-refractivity contribution in [3.05, 3.63) is 29.8 Å². The quantitative estimate of drug-likeness (QED) is 0.918. The van der Waals surface area contributed by atoms with Gasteiger partial charge in [-0.25, -0.2) is 4.79 Å². The Morgan fingerprint density at radius 3 is 2.60 bits per heavy atom. The van der Waals surface area contributed by atoms with Gasteiger partial charge in [0.2, 0.25) is 0 Å². The van der Waals surface area contributed by atoms with E-state index in [1.165, 1.54) is 0 Å². The van der Waals surface area contributed by atoms with Crippen LogP contribution in [0.25, 0.3) is 0 Å². The first-order valence-corrected chi connectivity index (χ1v) is 6.66. The van der Waals surface area contributed by atoms with Gasteiger partial charge in [-0.15, -0.1) is 0 Å². The van der Waals surface area contributed by atoms with E-state index >= 15 is 0 Å². The number of carboxylic acid groups (broad SMARTS) is 1. The zero-order valence-electron chi connectivity index (χ0n) is 12.1. The maximum absolute atomic E-state index is 12.0. The highest BCUT2D eigenvalue weighted by Crippen LogP contribution is 2.30. The number of likely N-dealkylation sites (N-methyl/N-ethyl adjacent to an activating group) is 1. The highest BCUT2D eigenvalue weighted by molar-refractivity contribution is 5.94. The molecule has 0 spiro atoms. The molecule has 0 bridgehead atoms. The molecule has 1 aliphatic heterocycles. The van der Waals surface area contributed by atoms with Crippen molar-refractivity contribution >= 4 is 17.7 Å². The van der Waals surface area contributed by atoms with Gasteiger partial charge in [-0.05, 0) is 17.7 Å². The summed E-state index contributed by atoms with van der Waals surface area (Å²) in [6.45, 7) is 5.18. The second-order valence-electron chi connectivity index (χ2n) is 5.86. The summed E-state index contributed by atoms with van der Waals surface area (Å²) in [7, 11) is 1.78. The molecule has 1 fully saturated rings. The number of aliphatic carboxylic acids is 1. The predicted octanol–water partition coefficient (Wildman–Crippen LogP) is 2.31. The first-order chi connectivity index (χ1) is 9.31. The first kappa shape index (κ1) is 14.4. The van der Waals surface area contributed by atoms with Crippen LogP contribution in [0.4, 0.5) is 10.5 Å². The summed E-state index contributed by atoms with van der Waals surface area (Å²) in [6, 6.07) is 7.58. The maximum atomic E-state index is 12.0. The van der Waals surface area contributed by atoms with Crippen LogP contribution >= 0.6 is 0 Å². The largest absolute Gasteiger partial charge is 0.481 e. The summed E-state index contributed by atoms with van der Waals surface area (Å²) in [5, 5.41) is 9.00. The van der Waals surface area contributed by atoms with E-state index in [0.29, 0.717) is 13.1 Å². The summed E-state index contributed by atoms with van der Waals surface area (Å²) < 4.78 is 0. The van der Waals surface area contributed by atoms with Crippen molar-refractivity contribution in [1.82, 2.24) is 4.90 Å². The fourth-order valence-corrected chi connectivity index (χ4v) is 2.46. The van der Waals surface area contributed by atoms with Crippen LogP contribution in [0.2, 0.25) is 0 Å². The van der Waals surface area contributed by atoms with E-state index in [1.807, 2.05) is 38.1 Å². The number of benzene rings is 1. The molecular weight excluding hydrogens is 256 g/mol. The number of carbonyl (C=O) groups excluding carboxylic acids is 1. The molecule has 0 unspecified atom stereocenters. The Labute approximate surface area is 118 Å². The summed E-state index contributed by atoms with van der Waals surface area (Å²) >= 11 is 0. The van der Waals surface area contributed by atoms with E-state index in [2.05, 4.69) is 0 Å². The highest BCUT2D eigenvalue weighted by atomic mass is 16.4. The van der Waals surface area contributed by atoms with Crippen molar-refractivity contribution in [3.63, 3.8) is 0 Å². The number of carbonyl (C=O) groups is 2. The molecule has 1 heterocycles. The lowest BCUT2D eigenvalue weighted by Crippen LogP contribution is -2.29. The first-order valence-electron chi connectivity index (χ1n) is 6.66. The van der Waals surface area contributed by atoms with E-state index in [4.69, 9.17) is 5.11 Å². The average molecular weight is 276 g/mol. The molecule has 0 saturated carbocycles. The third-order valence-corrected chi connectivity index (χ3v) is 3.75. The van der Waals surface area contributed by atoms with Crippen molar-refractivity contribution in [2.24, 2.45) is 0 Å². The Morgan fingerprint density at radius 1 is 1.35 bits per heavy atom. The number of nitrogens with zero attached hydrogens (tertiary/aromatic N) is 2. The molecule has 0 atom stereocenters. The molecule has 108 valence electrons. The second kappa shape index (κ2) is 5.15. The molecule has 1 aromatic rings. The van der Waals surface area contributed by atoms with E-state index in [-0.39, 0.29) is 12.5 Å². The minimum Gasteiger partial charge on any atom is -0.481 e. The van der Waals surface area contributed by atoms with Gasteiger partial charge in [-0.3, -0.25) is 9.69 Å². The van der Waals surface area contributed by atoms with E-state index in [0.717, 1.165) is 11.3 Å². The fraction of sp³-hybridized carbons (Fsp3) is 0.467. The zero-order valence-corrected chi connectivity index (χ0v) is 12.1. The van der Waals surface area contributed by atoms with Gasteiger partial charge < -0.3 is 10.0 Å². The molecule has 1 aromatic carbocycles. The molecule has 0 aromatic heterocycles. The summed E-state index contributed by atoms with van der Waals surface area (Å²) in [5.41, 5.74) is 1.30. The molecule has 2 rings (SSSR count). The molecule has 1 N–H and O–H groups in total. The maximum Gasteiger partial charge on any atom is 0.324 e. The molecule has 1 aliphatic rings. The van der Waals surface area contributed by atoms with Gasteiger partial charge in [0.25, 0.3) is 0 Å². The van der Waals surface area contributed by atoms with Crippen molar-refractivity contribution in [2.45, 2.75) is 25.7 Å². The monoisotopic (exact) mass is 276 g/mol. The van der Waals surface area contributed by atoms with Gasteiger partial charge in [-0.1, -0.05) is 26.0 Å². The zero-order chi connectivity index (χ0) is 14.9. The third-order valence-electron chi connectivity index (χ3n) is 3.75. The van der Waals surface area contributed by atoms with Crippen LogP contribution in [0.1, 0.15) is 25.8 Å². The SMILES string of the molecule is CN1CCN(c2cccc(C(C)(C)CC(=O)O)c2)C1=O. The van der Waals surface area contributed by atoms with E-state index in [1.54, 1.807) is 16.8 Å². The van der Waals surface area contributed by atoms with Gasteiger partial charge in [0.15, 0.2) is 0 Å². The summed E-state index contributed by atoms with van der Waals surface area (Å²) in [4.78, 5) is 26.4. The lowest BCUT2D eigenvalue weighted by molar-refractivity contribution is -0.138. The standard InChI is InChI=1S/C15H20N2O3/c1-15(2,10-13(18)19)11-5-4-6-12(9-11)17-8-7-16(3)14(17)20/h4-6,9H,7-8,10H2,1-3H3,(H,18,19). The Morgan fingerprint density at radius 2 is 2.05 bits per heavy atom. The molecule has 2 amide bonds. The molecule has 5 heteroatoms. The van der Waals surface area contributed by atoms with Crippen LogP contribution in [0.15, 0.2) is 24.3 Å². The third kappa shape index (κ3) is 2.76. The van der Waals surface area contributed by atoms with Crippen LogP contribution in [-0.2, 0) is 10.2 Å². The highest BCUT2D eigenvalue weighted by Gasteiger charge is 2.29. The van der Waals surface area contributed by atoms with Crippen LogP contribution in [0.3, 0.4) is 0 Å². The minimum absolute atomic E-state index is 0.0156. The predicted molar refractivity (Wildman–Crippen MR) is 77.1 cm³/mol. The topological polar surface area (TPSA) is 60.9 Å². The lowest BCUT2D eigenvalue weighted by atomic mass is 9.81. The Bertz CT molecular complexity index is 540. The molecular formula is C15H20N2O3. The minimum atomic E-state index is -0.822. The number of carboxylic acids is 1. The Hall–Kier alpha value is -2.04. The van der Waals surface area contributed by atoms with Gasteiger partial charge in [0.1, 0.15) is 0 Å². The van der Waals surface area contributed by atoms with Gasteiger partial charge in [-0.2, -0.15) is 0 Å². The van der Waals surface area contributed by atoms with Gasteiger partial charge in [0, 0.05) is 31.2 Å². The summed E-state index contributed by atoms with van der Waals surface area (Å²) in [6.07, 6.45) is 0.0598. The van der Waals surface area contributed by atoms with Crippen LogP contribution in [0.5, 0.6) is 0 Å². The molecule has 5 nitrogen and oxygen atoms in total. The molecule has 20 heavy (non-hydrogen) atoms. The number of rotatable bonds is 4. The number of anilines is 1. The smallest absolute Gasteiger partial charge is 0.324 e. The van der Waals surface area contributed by atoms with E-state index in [9.17, 15) is 9.59 Å². The number of hydrogen-bond acceptors (Lipinski definition) is 2. The Balaban J connectivity index is 2.29. The second-order valence-corrected chi connectivity index (χ2v) is 5.86. The number of urea groups is 1. The number of hydrogen-bond donors (Lipinski definition) is 1. The van der Waals surface area contributed by atoms with Crippen molar-refractivity contribution in [3.8, 4) is 0 Å². The molecule has 0 radical (unpaired) electrons. The van der Waals surface area contributed by atoms with E-state index < -0.39 is 11.4 Å². The lowest BCUT2D eigenvalue weighted by Gasteiger charge is -2.25. The fourth-order valence-electron chi connectivity index (χ4n) is 2.46. The van der Waals surface area contributed by atoms with Crippen LogP contribution in [-0.4, -0.2) is 42.1 Å². The van der Waals surface area contributed by atoms with Crippen molar-refractivity contribution in [1.29, 1.82) is 0 Å². The average Bonchev–Trinajstić information content (AvgIpc) is 2.69. The van der Waals surface area contributed by atoms with Crippen LogP contribution in [0, 0.1) is 0 Å². The van der Waals surface area contributed by atoms with Gasteiger partial charge >= 0.3 is 12.0 Å².